The van der Waals surface area contributed by atoms with Gasteiger partial charge in [-0.15, -0.1) is 0 Å². The van der Waals surface area contributed by atoms with Gasteiger partial charge in [0.1, 0.15) is 11.5 Å². The minimum atomic E-state index is -0.472. The highest BCUT2D eigenvalue weighted by Gasteiger charge is 2.13. The van der Waals surface area contributed by atoms with Crippen LogP contribution in [0.25, 0.3) is 0 Å². The molecule has 0 saturated heterocycles. The van der Waals surface area contributed by atoms with Crippen LogP contribution in [0.3, 0.4) is 0 Å². The monoisotopic (exact) mass is 383 g/mol. The van der Waals surface area contributed by atoms with E-state index in [9.17, 15) is 14.0 Å². The first-order valence-electron chi connectivity index (χ1n) is 8.03. The zero-order chi connectivity index (χ0) is 19.4. The highest BCUT2D eigenvalue weighted by molar-refractivity contribution is 6.30. The summed E-state index contributed by atoms with van der Waals surface area (Å²) in [4.78, 5) is 28.8. The Hall–Kier alpha value is -3.25. The second-order valence-corrected chi connectivity index (χ2v) is 6.24. The Morgan fingerprint density at radius 1 is 1.00 bits per heavy atom. The summed E-state index contributed by atoms with van der Waals surface area (Å²) in [6, 6.07) is 13.5. The molecule has 0 unspecified atom stereocenters. The SMILES string of the molecule is Cc1cc(Cl)ccc1NC(=O)c1cc(C(=O)Nc2cccc(F)c2)ccn1. The standard InChI is InChI=1S/C20H15ClFN3O2/c1-12-9-14(21)5-6-17(12)25-20(27)18-10-13(7-8-23-18)19(26)24-16-4-2-3-15(22)11-16/h2-11H,1H3,(H,24,26)(H,25,27). The lowest BCUT2D eigenvalue weighted by atomic mass is 10.1. The Labute approximate surface area is 160 Å². The van der Waals surface area contributed by atoms with Gasteiger partial charge in [-0.2, -0.15) is 0 Å². The molecule has 3 rings (SSSR count). The van der Waals surface area contributed by atoms with Crippen LogP contribution in [0.5, 0.6) is 0 Å². The van der Waals surface area contributed by atoms with Crippen LogP contribution in [0.2, 0.25) is 5.02 Å². The molecule has 0 aliphatic carbocycles. The van der Waals surface area contributed by atoms with Crippen LogP contribution in [0.15, 0.2) is 60.8 Å². The molecule has 2 aromatic carbocycles. The number of carbonyl (C=O) groups is 2. The average Bonchev–Trinajstić information content (AvgIpc) is 2.64. The minimum Gasteiger partial charge on any atom is -0.322 e. The Morgan fingerprint density at radius 2 is 1.81 bits per heavy atom. The van der Waals surface area contributed by atoms with E-state index in [2.05, 4.69) is 15.6 Å². The van der Waals surface area contributed by atoms with Gasteiger partial charge in [-0.3, -0.25) is 14.6 Å². The van der Waals surface area contributed by atoms with Crippen molar-refractivity contribution < 1.29 is 14.0 Å². The molecule has 0 bridgehead atoms. The fourth-order valence-corrected chi connectivity index (χ4v) is 2.65. The van der Waals surface area contributed by atoms with Crippen molar-refractivity contribution in [1.29, 1.82) is 0 Å². The molecule has 0 saturated carbocycles. The van der Waals surface area contributed by atoms with Gasteiger partial charge in [-0.05, 0) is 61.0 Å². The van der Waals surface area contributed by atoms with Crippen LogP contribution in [0, 0.1) is 12.7 Å². The number of aromatic nitrogens is 1. The summed E-state index contributed by atoms with van der Waals surface area (Å²) in [5.74, 6) is -1.39. The first-order chi connectivity index (χ1) is 12.9. The first kappa shape index (κ1) is 18.5. The smallest absolute Gasteiger partial charge is 0.274 e. The zero-order valence-corrected chi connectivity index (χ0v) is 15.0. The number of nitrogens with zero attached hydrogens (tertiary/aromatic N) is 1. The van der Waals surface area contributed by atoms with Crippen LogP contribution in [-0.4, -0.2) is 16.8 Å². The van der Waals surface area contributed by atoms with E-state index < -0.39 is 17.6 Å². The van der Waals surface area contributed by atoms with Gasteiger partial charge < -0.3 is 10.6 Å². The van der Waals surface area contributed by atoms with E-state index in [1.54, 1.807) is 24.3 Å². The number of hydrogen-bond donors (Lipinski definition) is 2. The van der Waals surface area contributed by atoms with Gasteiger partial charge in [0.15, 0.2) is 0 Å². The third-order valence-corrected chi connectivity index (χ3v) is 4.01. The highest BCUT2D eigenvalue weighted by atomic mass is 35.5. The molecular weight excluding hydrogens is 369 g/mol. The van der Waals surface area contributed by atoms with Crippen molar-refractivity contribution in [3.8, 4) is 0 Å². The number of aryl methyl sites for hydroxylation is 1. The van der Waals surface area contributed by atoms with Gasteiger partial charge in [-0.25, -0.2) is 4.39 Å². The predicted octanol–water partition coefficient (Wildman–Crippen LogP) is 4.69. The summed E-state index contributed by atoms with van der Waals surface area (Å²) >= 11 is 5.91. The fraction of sp³-hybridized carbons (Fsp3) is 0.0500. The molecule has 7 heteroatoms. The normalized spacial score (nSPS) is 10.3. The summed E-state index contributed by atoms with van der Waals surface area (Å²) in [6.07, 6.45) is 1.37. The van der Waals surface area contributed by atoms with Gasteiger partial charge in [0, 0.05) is 28.2 Å². The van der Waals surface area contributed by atoms with E-state index in [4.69, 9.17) is 11.6 Å². The summed E-state index contributed by atoms with van der Waals surface area (Å²) in [5.41, 5.74) is 2.03. The largest absolute Gasteiger partial charge is 0.322 e. The van der Waals surface area contributed by atoms with Crippen LogP contribution in [-0.2, 0) is 0 Å². The quantitative estimate of drug-likeness (QED) is 0.686. The van der Waals surface area contributed by atoms with E-state index in [0.29, 0.717) is 16.4 Å². The number of hydrogen-bond acceptors (Lipinski definition) is 3. The fourth-order valence-electron chi connectivity index (χ4n) is 2.42. The Kier molecular flexibility index (Phi) is 5.47. The zero-order valence-electron chi connectivity index (χ0n) is 14.3. The molecule has 0 radical (unpaired) electrons. The molecular formula is C20H15ClFN3O2. The molecule has 1 aromatic heterocycles. The molecule has 0 fully saturated rings. The Bertz CT molecular complexity index is 1020. The molecule has 2 amide bonds. The molecule has 27 heavy (non-hydrogen) atoms. The first-order valence-corrected chi connectivity index (χ1v) is 8.40. The van der Waals surface area contributed by atoms with Gasteiger partial charge in [0.2, 0.25) is 0 Å². The van der Waals surface area contributed by atoms with Gasteiger partial charge in [0.05, 0.1) is 0 Å². The third-order valence-electron chi connectivity index (χ3n) is 3.77. The lowest BCUT2D eigenvalue weighted by Gasteiger charge is -2.09. The molecule has 136 valence electrons. The predicted molar refractivity (Wildman–Crippen MR) is 103 cm³/mol. The van der Waals surface area contributed by atoms with E-state index in [0.717, 1.165) is 5.56 Å². The number of pyridine rings is 1. The van der Waals surface area contributed by atoms with Crippen LogP contribution in [0.4, 0.5) is 15.8 Å². The van der Waals surface area contributed by atoms with Crippen LogP contribution in [0.1, 0.15) is 26.4 Å². The average molecular weight is 384 g/mol. The van der Waals surface area contributed by atoms with E-state index in [1.165, 1.54) is 36.5 Å². The van der Waals surface area contributed by atoms with E-state index in [1.807, 2.05) is 6.92 Å². The molecule has 3 aromatic rings. The molecule has 5 nitrogen and oxygen atoms in total. The maximum Gasteiger partial charge on any atom is 0.274 e. The topological polar surface area (TPSA) is 71.1 Å². The number of halogens is 2. The highest BCUT2D eigenvalue weighted by Crippen LogP contribution is 2.20. The van der Waals surface area contributed by atoms with Crippen molar-refractivity contribution in [2.75, 3.05) is 10.6 Å². The van der Waals surface area contributed by atoms with E-state index in [-0.39, 0.29) is 11.3 Å². The second-order valence-electron chi connectivity index (χ2n) is 5.81. The molecule has 0 aliphatic rings. The molecule has 0 spiro atoms. The molecule has 2 N–H and O–H groups in total. The second kappa shape index (κ2) is 7.97. The van der Waals surface area contributed by atoms with Gasteiger partial charge in [0.25, 0.3) is 11.8 Å². The number of nitrogens with one attached hydrogen (secondary N) is 2. The van der Waals surface area contributed by atoms with Crippen LogP contribution >= 0.6 is 11.6 Å². The van der Waals surface area contributed by atoms with Crippen molar-refractivity contribution in [1.82, 2.24) is 4.98 Å². The summed E-state index contributed by atoms with van der Waals surface area (Å²) in [7, 11) is 0. The molecule has 1 heterocycles. The lowest BCUT2D eigenvalue weighted by molar-refractivity contribution is 0.102. The van der Waals surface area contributed by atoms with Crippen molar-refractivity contribution in [2.45, 2.75) is 6.92 Å². The minimum absolute atomic E-state index is 0.0799. The van der Waals surface area contributed by atoms with E-state index >= 15 is 0 Å². The number of carbonyl (C=O) groups excluding carboxylic acids is 2. The van der Waals surface area contributed by atoms with Gasteiger partial charge >= 0.3 is 0 Å². The maximum atomic E-state index is 13.2. The lowest BCUT2D eigenvalue weighted by Crippen LogP contribution is -2.17. The number of benzene rings is 2. The summed E-state index contributed by atoms with van der Waals surface area (Å²) in [5, 5.41) is 5.88. The van der Waals surface area contributed by atoms with Crippen molar-refractivity contribution in [3.63, 3.8) is 0 Å². The van der Waals surface area contributed by atoms with Crippen LogP contribution < -0.4 is 10.6 Å². The third kappa shape index (κ3) is 4.68. The summed E-state index contributed by atoms with van der Waals surface area (Å²) in [6.45, 7) is 1.82. The van der Waals surface area contributed by atoms with Crippen molar-refractivity contribution in [3.05, 3.63) is 88.5 Å². The van der Waals surface area contributed by atoms with Gasteiger partial charge in [-0.1, -0.05) is 17.7 Å². The Balaban J connectivity index is 1.76. The number of anilines is 2. The summed E-state index contributed by atoms with van der Waals surface area (Å²) < 4.78 is 13.2. The number of amides is 2. The number of rotatable bonds is 4. The maximum absolute atomic E-state index is 13.2. The van der Waals surface area contributed by atoms with Crippen molar-refractivity contribution >= 4 is 34.8 Å². The Morgan fingerprint density at radius 3 is 2.56 bits per heavy atom. The molecule has 0 aliphatic heterocycles. The molecule has 0 atom stereocenters. The van der Waals surface area contributed by atoms with Crippen molar-refractivity contribution in [2.24, 2.45) is 0 Å².